The average molecular weight is 599 g/mol. The number of pyridine rings is 1. The maximum atomic E-state index is 13.0. The van der Waals surface area contributed by atoms with E-state index in [2.05, 4.69) is 12.1 Å². The van der Waals surface area contributed by atoms with Gasteiger partial charge in [0.25, 0.3) is 0 Å². The molecule has 0 saturated heterocycles. The van der Waals surface area contributed by atoms with Gasteiger partial charge in [-0.1, -0.05) is 42.5 Å². The number of benzene rings is 3. The molecule has 1 aliphatic rings. The van der Waals surface area contributed by atoms with E-state index in [0.29, 0.717) is 0 Å². The third-order valence-electron chi connectivity index (χ3n) is 4.94. The Morgan fingerprint density at radius 2 is 1.59 bits per heavy atom. The topological polar surface area (TPSA) is 67.3 Å². The zero-order chi connectivity index (χ0) is 22.0. The number of carbonyl (C=O) groups is 2. The number of fused-ring (bicyclic) bond motifs is 2. The first-order valence-corrected chi connectivity index (χ1v) is 9.88. The van der Waals surface area contributed by atoms with E-state index in [4.69, 9.17) is 10.1 Å². The van der Waals surface area contributed by atoms with E-state index in [1.807, 2.05) is 66.7 Å². The second kappa shape index (κ2) is 9.82. The minimum absolute atomic E-state index is 0. The third-order valence-corrected chi connectivity index (χ3v) is 4.94. The second-order valence-electron chi connectivity index (χ2n) is 7.30. The number of aliphatic hydroxyl groups is 1. The van der Waals surface area contributed by atoms with Gasteiger partial charge in [-0.25, -0.2) is 0 Å². The molecule has 0 aliphatic heterocycles. The van der Waals surface area contributed by atoms with Crippen molar-refractivity contribution in [3.8, 4) is 22.4 Å². The van der Waals surface area contributed by atoms with E-state index in [1.165, 1.54) is 19.9 Å². The van der Waals surface area contributed by atoms with Gasteiger partial charge in [0, 0.05) is 42.7 Å². The van der Waals surface area contributed by atoms with Crippen LogP contribution in [0.25, 0.3) is 33.3 Å². The van der Waals surface area contributed by atoms with Crippen molar-refractivity contribution < 1.29 is 34.8 Å². The van der Waals surface area contributed by atoms with Crippen LogP contribution in [0.2, 0.25) is 0 Å². The number of nitrogens with zero attached hydrogens (tertiary/aromatic N) is 1. The predicted molar refractivity (Wildman–Crippen MR) is 122 cm³/mol. The van der Waals surface area contributed by atoms with Crippen molar-refractivity contribution in [2.24, 2.45) is 0 Å². The van der Waals surface area contributed by atoms with Crippen molar-refractivity contribution in [3.63, 3.8) is 0 Å². The molecule has 3 aromatic carbocycles. The maximum absolute atomic E-state index is 13.0. The Balaban J connectivity index is 0.000000318. The van der Waals surface area contributed by atoms with Gasteiger partial charge in [-0.3, -0.25) is 14.6 Å². The Kier molecular flexibility index (Phi) is 7.14. The standard InChI is InChI=1S/C22H12NO.C5H8O2.Ir/c24-22-17-10-5-4-9-15(17)16-11-6-12-19-21(16)18(22)13-20(23-19)14-7-2-1-3-8-14;1-4(6)3-5(2)7;/h1-7,9-13H;3,6H,1-2H3;/q-1;;/b;4-3-;. The van der Waals surface area contributed by atoms with Crippen LogP contribution in [-0.4, -0.2) is 21.7 Å². The number of rotatable bonds is 2. The molecule has 0 fully saturated rings. The summed E-state index contributed by atoms with van der Waals surface area (Å²) >= 11 is 0. The Morgan fingerprint density at radius 3 is 2.22 bits per heavy atom. The first-order valence-electron chi connectivity index (χ1n) is 9.88. The van der Waals surface area contributed by atoms with Crippen LogP contribution in [0.3, 0.4) is 0 Å². The molecule has 1 heterocycles. The maximum Gasteiger partial charge on any atom is 0.193 e. The molecule has 0 amide bonds. The van der Waals surface area contributed by atoms with E-state index in [-0.39, 0.29) is 37.4 Å². The molecule has 5 rings (SSSR count). The zero-order valence-corrected chi connectivity index (χ0v) is 19.9. The van der Waals surface area contributed by atoms with Crippen molar-refractivity contribution in [2.45, 2.75) is 13.8 Å². The number of ketones is 2. The van der Waals surface area contributed by atoms with Crippen molar-refractivity contribution in [1.29, 1.82) is 0 Å². The van der Waals surface area contributed by atoms with Gasteiger partial charge in [0.05, 0.1) is 11.3 Å². The number of aromatic nitrogens is 1. The summed E-state index contributed by atoms with van der Waals surface area (Å²) in [5, 5.41) is 9.31. The quantitative estimate of drug-likeness (QED) is 0.155. The number of allylic oxidation sites excluding steroid dienone is 2. The number of hydrogen-bond acceptors (Lipinski definition) is 4. The van der Waals surface area contributed by atoms with Gasteiger partial charge >= 0.3 is 0 Å². The van der Waals surface area contributed by atoms with Crippen molar-refractivity contribution in [3.05, 3.63) is 102 Å². The first kappa shape index (κ1) is 23.3. The Labute approximate surface area is 200 Å². The summed E-state index contributed by atoms with van der Waals surface area (Å²) in [4.78, 5) is 27.8. The second-order valence-corrected chi connectivity index (χ2v) is 7.30. The molecule has 4 aromatic rings. The van der Waals surface area contributed by atoms with E-state index in [1.54, 1.807) is 0 Å². The van der Waals surface area contributed by atoms with Crippen molar-refractivity contribution in [2.75, 3.05) is 0 Å². The van der Waals surface area contributed by atoms with Crippen LogP contribution in [0.4, 0.5) is 0 Å². The fourth-order valence-corrected chi connectivity index (χ4v) is 3.74. The van der Waals surface area contributed by atoms with Crippen LogP contribution in [0.1, 0.15) is 29.8 Å². The van der Waals surface area contributed by atoms with Crippen LogP contribution >= 0.6 is 0 Å². The van der Waals surface area contributed by atoms with E-state index in [0.717, 1.165) is 44.4 Å². The van der Waals surface area contributed by atoms with Gasteiger partial charge in [-0.2, -0.15) is 0 Å². The van der Waals surface area contributed by atoms with Crippen molar-refractivity contribution >= 4 is 22.5 Å². The molecule has 0 spiro atoms. The SMILES string of the molecule is CC(=O)/C=C(/C)O.O=C1c2ccccc2-c2cccc3nc(-c4[c-]cccc4)cc1c23.[Ir]. The Morgan fingerprint density at radius 1 is 0.906 bits per heavy atom. The normalized spacial score (nSPS) is 11.7. The molecule has 1 aliphatic carbocycles. The fourth-order valence-electron chi connectivity index (χ4n) is 3.74. The van der Waals surface area contributed by atoms with Crippen molar-refractivity contribution in [1.82, 2.24) is 4.98 Å². The molecule has 0 unspecified atom stereocenters. The average Bonchev–Trinajstić information content (AvgIpc) is 2.77. The molecular formula is C27H20IrNO3-. The summed E-state index contributed by atoms with van der Waals surface area (Å²) in [5.74, 6) is 0.00128. The number of hydrogen-bond donors (Lipinski definition) is 1. The molecule has 0 saturated carbocycles. The van der Waals surface area contributed by atoms with Gasteiger partial charge < -0.3 is 5.11 Å². The number of carbonyl (C=O) groups excluding carboxylic acids is 2. The fraction of sp³-hybridized carbons (Fsp3) is 0.0741. The summed E-state index contributed by atoms with van der Waals surface area (Å²) in [7, 11) is 0. The zero-order valence-electron chi connectivity index (χ0n) is 17.5. The Hall–Kier alpha value is -3.40. The molecule has 1 radical (unpaired) electrons. The summed E-state index contributed by atoms with van der Waals surface area (Å²) in [6, 6.07) is 26.6. The van der Waals surface area contributed by atoms with Gasteiger partial charge in [0.1, 0.15) is 0 Å². The van der Waals surface area contributed by atoms with E-state index in [9.17, 15) is 9.59 Å². The van der Waals surface area contributed by atoms with Crippen LogP contribution < -0.4 is 0 Å². The predicted octanol–water partition coefficient (Wildman–Crippen LogP) is 5.95. The minimum Gasteiger partial charge on any atom is -0.512 e. The monoisotopic (exact) mass is 599 g/mol. The summed E-state index contributed by atoms with van der Waals surface area (Å²) in [6.45, 7) is 2.85. The molecule has 0 bridgehead atoms. The minimum atomic E-state index is -0.125. The van der Waals surface area contributed by atoms with Crippen LogP contribution in [0, 0.1) is 6.07 Å². The van der Waals surface area contributed by atoms with Gasteiger partial charge in [0.15, 0.2) is 11.6 Å². The smallest absolute Gasteiger partial charge is 0.193 e. The van der Waals surface area contributed by atoms with Crippen LogP contribution in [0.15, 0.2) is 84.6 Å². The largest absolute Gasteiger partial charge is 0.512 e. The molecule has 4 nitrogen and oxygen atoms in total. The van der Waals surface area contributed by atoms with E-state index < -0.39 is 0 Å². The summed E-state index contributed by atoms with van der Waals surface area (Å²) in [5.41, 5.74) is 6.07. The number of aliphatic hydroxyl groups excluding tert-OH is 1. The van der Waals surface area contributed by atoms with Crippen LogP contribution in [0.5, 0.6) is 0 Å². The van der Waals surface area contributed by atoms with Gasteiger partial charge in [0.2, 0.25) is 0 Å². The van der Waals surface area contributed by atoms with Gasteiger partial charge in [-0.05, 0) is 36.7 Å². The molecule has 1 aromatic heterocycles. The third kappa shape index (κ3) is 4.59. The molecule has 5 heteroatoms. The molecule has 161 valence electrons. The molecule has 0 atom stereocenters. The summed E-state index contributed by atoms with van der Waals surface area (Å²) in [6.07, 6.45) is 1.17. The van der Waals surface area contributed by atoms with Gasteiger partial charge in [-0.15, -0.1) is 35.9 Å². The first-order chi connectivity index (χ1) is 15.0. The van der Waals surface area contributed by atoms with Crippen LogP contribution in [-0.2, 0) is 24.9 Å². The molecule has 1 N–H and O–H groups in total. The molecular weight excluding hydrogens is 579 g/mol. The summed E-state index contributed by atoms with van der Waals surface area (Å²) < 4.78 is 0. The molecule has 32 heavy (non-hydrogen) atoms. The Bertz CT molecular complexity index is 1340. The van der Waals surface area contributed by atoms with E-state index >= 15 is 0 Å².